The van der Waals surface area contributed by atoms with E-state index < -0.39 is 11.7 Å². The third-order valence-electron chi connectivity index (χ3n) is 5.12. The summed E-state index contributed by atoms with van der Waals surface area (Å²) in [4.78, 5) is 16.6. The molecule has 0 bridgehead atoms. The van der Waals surface area contributed by atoms with E-state index in [-0.39, 0.29) is 5.41 Å². The lowest BCUT2D eigenvalue weighted by Gasteiger charge is -2.36. The number of guanidine groups is 1. The first-order valence-corrected chi connectivity index (χ1v) is 11.0. The number of nitrogens with one attached hydrogen (secondary N) is 3. The summed E-state index contributed by atoms with van der Waals surface area (Å²) >= 11 is 0. The Kier molecular flexibility index (Phi) is 9.43. The highest BCUT2D eigenvalue weighted by Crippen LogP contribution is 2.36. The number of hydrogen-bond acceptors (Lipinski definition) is 5. The summed E-state index contributed by atoms with van der Waals surface area (Å²) in [5.41, 5.74) is 0.678. The molecule has 1 fully saturated rings. The number of carbonyl (C=O) groups is 1. The molecule has 1 aliphatic heterocycles. The molecular weight excluding hydrogens is 396 g/mol. The van der Waals surface area contributed by atoms with Crippen LogP contribution in [0.2, 0.25) is 0 Å². The molecule has 1 amide bonds. The van der Waals surface area contributed by atoms with Gasteiger partial charge in [-0.15, -0.1) is 0 Å². The second-order valence-corrected chi connectivity index (χ2v) is 8.67. The van der Waals surface area contributed by atoms with Crippen molar-refractivity contribution in [3.05, 3.63) is 29.8 Å². The number of ether oxygens (including phenoxy) is 3. The van der Waals surface area contributed by atoms with Gasteiger partial charge >= 0.3 is 6.09 Å². The Balaban J connectivity index is 1.99. The molecule has 1 aromatic rings. The quantitative estimate of drug-likeness (QED) is 0.331. The topological polar surface area (TPSA) is 93.2 Å². The summed E-state index contributed by atoms with van der Waals surface area (Å²) in [6, 6.07) is 8.26. The van der Waals surface area contributed by atoms with Crippen molar-refractivity contribution in [3.63, 3.8) is 0 Å². The van der Waals surface area contributed by atoms with E-state index in [0.29, 0.717) is 19.6 Å². The highest BCUT2D eigenvalue weighted by molar-refractivity contribution is 5.79. The van der Waals surface area contributed by atoms with Crippen molar-refractivity contribution in [2.24, 2.45) is 4.99 Å². The van der Waals surface area contributed by atoms with Crippen LogP contribution in [0.5, 0.6) is 5.75 Å². The van der Waals surface area contributed by atoms with Gasteiger partial charge in [-0.25, -0.2) is 4.79 Å². The predicted octanol–water partition coefficient (Wildman–Crippen LogP) is 2.82. The van der Waals surface area contributed by atoms with Crippen molar-refractivity contribution in [1.29, 1.82) is 0 Å². The first-order valence-electron chi connectivity index (χ1n) is 11.0. The first kappa shape index (κ1) is 24.8. The maximum atomic E-state index is 11.8. The molecule has 8 heteroatoms. The van der Waals surface area contributed by atoms with Gasteiger partial charge in [0.05, 0.1) is 13.7 Å². The van der Waals surface area contributed by atoms with Gasteiger partial charge in [-0.05, 0) is 58.2 Å². The normalized spacial score (nSPS) is 16.4. The highest BCUT2D eigenvalue weighted by atomic mass is 16.6. The molecule has 3 N–H and O–H groups in total. The van der Waals surface area contributed by atoms with Gasteiger partial charge in [-0.2, -0.15) is 0 Å². The van der Waals surface area contributed by atoms with Crippen LogP contribution in [-0.2, 0) is 14.9 Å². The molecule has 174 valence electrons. The van der Waals surface area contributed by atoms with Crippen molar-refractivity contribution >= 4 is 12.1 Å². The number of aliphatic imine (C=N–C) groups is 1. The smallest absolute Gasteiger partial charge is 0.407 e. The summed E-state index contributed by atoms with van der Waals surface area (Å²) < 4.78 is 16.2. The molecule has 0 aromatic heterocycles. The van der Waals surface area contributed by atoms with Crippen LogP contribution in [-0.4, -0.2) is 64.2 Å². The van der Waals surface area contributed by atoms with Crippen molar-refractivity contribution < 1.29 is 19.0 Å². The Morgan fingerprint density at radius 1 is 1.10 bits per heavy atom. The van der Waals surface area contributed by atoms with E-state index in [4.69, 9.17) is 19.2 Å². The summed E-state index contributed by atoms with van der Waals surface area (Å²) in [6.07, 6.45) is 1.42. The van der Waals surface area contributed by atoms with Crippen molar-refractivity contribution in [1.82, 2.24) is 16.0 Å². The van der Waals surface area contributed by atoms with Gasteiger partial charge in [0, 0.05) is 38.3 Å². The number of alkyl carbamates (subject to hydrolysis) is 1. The molecule has 31 heavy (non-hydrogen) atoms. The number of carbonyl (C=O) groups excluding carboxylic acids is 1. The second kappa shape index (κ2) is 11.8. The monoisotopic (exact) mass is 434 g/mol. The summed E-state index contributed by atoms with van der Waals surface area (Å²) in [6.45, 7) is 11.4. The fourth-order valence-corrected chi connectivity index (χ4v) is 3.48. The molecule has 0 atom stereocenters. The molecule has 0 spiro atoms. The van der Waals surface area contributed by atoms with Crippen molar-refractivity contribution in [3.8, 4) is 5.75 Å². The predicted molar refractivity (Wildman–Crippen MR) is 123 cm³/mol. The summed E-state index contributed by atoms with van der Waals surface area (Å²) in [5.74, 6) is 1.58. The number of methoxy groups -OCH3 is 1. The summed E-state index contributed by atoms with van der Waals surface area (Å²) in [7, 11) is 1.68. The molecular formula is C23H38N4O4. The third kappa shape index (κ3) is 8.28. The summed E-state index contributed by atoms with van der Waals surface area (Å²) in [5, 5.41) is 9.31. The van der Waals surface area contributed by atoms with Gasteiger partial charge in [0.2, 0.25) is 0 Å². The lowest BCUT2D eigenvalue weighted by atomic mass is 9.74. The lowest BCUT2D eigenvalue weighted by Crippen LogP contribution is -2.44. The second-order valence-electron chi connectivity index (χ2n) is 8.67. The molecule has 0 aliphatic carbocycles. The average molecular weight is 435 g/mol. The van der Waals surface area contributed by atoms with Gasteiger partial charge in [-0.3, -0.25) is 4.99 Å². The molecule has 0 radical (unpaired) electrons. The zero-order valence-electron chi connectivity index (χ0n) is 19.5. The SMILES string of the molecule is CCNC(=NCC1(c2ccc(OC)cc2)CCOCC1)NCCNC(=O)OC(C)(C)C. The van der Waals surface area contributed by atoms with Gasteiger partial charge in [0.25, 0.3) is 0 Å². The number of hydrogen-bond donors (Lipinski definition) is 3. The third-order valence-corrected chi connectivity index (χ3v) is 5.12. The zero-order valence-corrected chi connectivity index (χ0v) is 19.5. The van der Waals surface area contributed by atoms with Gasteiger partial charge in [0.15, 0.2) is 5.96 Å². The molecule has 0 unspecified atom stereocenters. The number of rotatable bonds is 8. The van der Waals surface area contributed by atoms with Crippen molar-refractivity contribution in [2.75, 3.05) is 46.5 Å². The van der Waals surface area contributed by atoms with E-state index in [1.807, 2.05) is 39.8 Å². The van der Waals surface area contributed by atoms with E-state index in [0.717, 1.165) is 44.3 Å². The van der Waals surface area contributed by atoms with E-state index >= 15 is 0 Å². The Hall–Kier alpha value is -2.48. The molecule has 1 aromatic carbocycles. The van der Waals surface area contributed by atoms with E-state index in [2.05, 4.69) is 28.1 Å². The Morgan fingerprint density at radius 2 is 1.74 bits per heavy atom. The highest BCUT2D eigenvalue weighted by Gasteiger charge is 2.34. The Morgan fingerprint density at radius 3 is 2.32 bits per heavy atom. The van der Waals surface area contributed by atoms with Gasteiger partial charge in [-0.1, -0.05) is 12.1 Å². The molecule has 1 heterocycles. The minimum atomic E-state index is -0.507. The molecule has 8 nitrogen and oxygen atoms in total. The van der Waals surface area contributed by atoms with E-state index in [9.17, 15) is 4.79 Å². The average Bonchev–Trinajstić information content (AvgIpc) is 2.74. The minimum Gasteiger partial charge on any atom is -0.497 e. The minimum absolute atomic E-state index is 0.0678. The van der Waals surface area contributed by atoms with Crippen LogP contribution < -0.4 is 20.7 Å². The van der Waals surface area contributed by atoms with Crippen LogP contribution in [0.3, 0.4) is 0 Å². The molecule has 0 saturated carbocycles. The van der Waals surface area contributed by atoms with Crippen LogP contribution in [0.1, 0.15) is 46.1 Å². The van der Waals surface area contributed by atoms with Crippen LogP contribution in [0.15, 0.2) is 29.3 Å². The fraction of sp³-hybridized carbons (Fsp3) is 0.652. The van der Waals surface area contributed by atoms with Crippen LogP contribution in [0, 0.1) is 0 Å². The van der Waals surface area contributed by atoms with Crippen LogP contribution in [0.25, 0.3) is 0 Å². The maximum absolute atomic E-state index is 11.8. The number of nitrogens with zero attached hydrogens (tertiary/aromatic N) is 1. The molecule has 1 saturated heterocycles. The standard InChI is InChI=1S/C23H38N4O4/c1-6-24-20(25-13-14-26-21(28)31-22(2,3)4)27-17-23(11-15-30-16-12-23)18-7-9-19(29-5)10-8-18/h7-10H,6,11-17H2,1-5H3,(H,26,28)(H2,24,25,27). The van der Waals surface area contributed by atoms with E-state index in [1.165, 1.54) is 5.56 Å². The van der Waals surface area contributed by atoms with Gasteiger partial charge in [0.1, 0.15) is 11.4 Å². The maximum Gasteiger partial charge on any atom is 0.407 e. The van der Waals surface area contributed by atoms with Crippen LogP contribution >= 0.6 is 0 Å². The Bertz CT molecular complexity index is 707. The number of benzene rings is 1. The van der Waals surface area contributed by atoms with Crippen LogP contribution in [0.4, 0.5) is 4.79 Å². The molecule has 2 rings (SSSR count). The molecule has 1 aliphatic rings. The Labute approximate surface area is 186 Å². The first-order chi connectivity index (χ1) is 14.8. The largest absolute Gasteiger partial charge is 0.497 e. The zero-order chi connectivity index (χ0) is 22.7. The lowest BCUT2D eigenvalue weighted by molar-refractivity contribution is 0.0527. The fourth-order valence-electron chi connectivity index (χ4n) is 3.48. The van der Waals surface area contributed by atoms with E-state index in [1.54, 1.807) is 7.11 Å². The van der Waals surface area contributed by atoms with Gasteiger partial charge < -0.3 is 30.2 Å². The van der Waals surface area contributed by atoms with Crippen molar-refractivity contribution in [2.45, 2.75) is 51.6 Å². The number of amides is 1.